The van der Waals surface area contributed by atoms with E-state index < -0.39 is 5.60 Å². The molecule has 1 aromatic heterocycles. The van der Waals surface area contributed by atoms with E-state index in [-0.39, 0.29) is 36.0 Å². The first-order chi connectivity index (χ1) is 16.4. The van der Waals surface area contributed by atoms with E-state index in [9.17, 15) is 4.79 Å². The van der Waals surface area contributed by atoms with E-state index in [1.54, 1.807) is 18.8 Å². The summed E-state index contributed by atoms with van der Waals surface area (Å²) in [5, 5.41) is 0.956. The zero-order valence-electron chi connectivity index (χ0n) is 20.1. The molecule has 3 aromatic rings. The molecule has 0 bridgehead atoms. The Bertz CT molecular complexity index is 1360. The Labute approximate surface area is 198 Å². The number of methoxy groups -OCH3 is 2. The Kier molecular flexibility index (Phi) is 4.65. The second-order valence-electron chi connectivity index (χ2n) is 9.97. The predicted molar refractivity (Wildman–Crippen MR) is 127 cm³/mol. The van der Waals surface area contributed by atoms with Gasteiger partial charge in [0.25, 0.3) is 5.56 Å². The number of aryl methyl sites for hydroxylation is 1. The van der Waals surface area contributed by atoms with Crippen LogP contribution in [0.25, 0.3) is 10.9 Å². The fourth-order valence-corrected chi connectivity index (χ4v) is 6.57. The van der Waals surface area contributed by atoms with E-state index in [0.29, 0.717) is 23.9 Å². The minimum Gasteiger partial charge on any atom is -0.496 e. The molecule has 178 valence electrons. The van der Waals surface area contributed by atoms with Gasteiger partial charge in [0.05, 0.1) is 24.8 Å². The largest absolute Gasteiger partial charge is 0.496 e. The molecule has 1 aliphatic carbocycles. The summed E-state index contributed by atoms with van der Waals surface area (Å²) in [6.07, 6.45) is 0. The van der Waals surface area contributed by atoms with Crippen LogP contribution in [0.4, 0.5) is 0 Å². The third-order valence-corrected chi connectivity index (χ3v) is 7.93. The average molecular weight is 464 g/mol. The van der Waals surface area contributed by atoms with E-state index in [4.69, 9.17) is 23.7 Å². The fraction of sp³-hybridized carbons (Fsp3) is 0.444. The van der Waals surface area contributed by atoms with Gasteiger partial charge in [-0.3, -0.25) is 4.79 Å². The van der Waals surface area contributed by atoms with Gasteiger partial charge in [0.15, 0.2) is 11.5 Å². The molecular formula is C27H29NO6. The molecule has 0 radical (unpaired) electrons. The van der Waals surface area contributed by atoms with Gasteiger partial charge in [-0.2, -0.15) is 0 Å². The maximum Gasteiger partial charge on any atom is 0.258 e. The van der Waals surface area contributed by atoms with Gasteiger partial charge in [-0.15, -0.1) is 0 Å². The van der Waals surface area contributed by atoms with Gasteiger partial charge in [-0.25, -0.2) is 0 Å². The third kappa shape index (κ3) is 2.76. The van der Waals surface area contributed by atoms with Gasteiger partial charge in [-0.1, -0.05) is 12.1 Å². The van der Waals surface area contributed by atoms with E-state index in [0.717, 1.165) is 27.8 Å². The smallest absolute Gasteiger partial charge is 0.258 e. The number of pyridine rings is 1. The lowest BCUT2D eigenvalue weighted by molar-refractivity contribution is -0.109. The summed E-state index contributed by atoms with van der Waals surface area (Å²) in [6, 6.07) is 11.8. The van der Waals surface area contributed by atoms with Crippen LogP contribution in [0, 0.1) is 11.8 Å². The number of fused-ring (bicyclic) bond motifs is 6. The van der Waals surface area contributed by atoms with Crippen molar-refractivity contribution >= 4 is 10.9 Å². The molecule has 1 fully saturated rings. The first kappa shape index (κ1) is 21.4. The van der Waals surface area contributed by atoms with Crippen molar-refractivity contribution in [1.29, 1.82) is 0 Å². The van der Waals surface area contributed by atoms with Crippen LogP contribution >= 0.6 is 0 Å². The highest BCUT2D eigenvalue weighted by atomic mass is 16.7. The highest BCUT2D eigenvalue weighted by Crippen LogP contribution is 2.67. The normalized spacial score (nSPS) is 25.8. The van der Waals surface area contributed by atoms with Crippen molar-refractivity contribution in [2.24, 2.45) is 18.9 Å². The summed E-state index contributed by atoms with van der Waals surface area (Å²) < 4.78 is 31.2. The van der Waals surface area contributed by atoms with Gasteiger partial charge >= 0.3 is 0 Å². The van der Waals surface area contributed by atoms with Crippen molar-refractivity contribution in [1.82, 2.24) is 4.57 Å². The van der Waals surface area contributed by atoms with Crippen LogP contribution in [0.5, 0.6) is 23.0 Å². The van der Waals surface area contributed by atoms with E-state index in [1.807, 2.05) is 43.4 Å². The average Bonchev–Trinajstić information content (AvgIpc) is 3.27. The third-order valence-electron chi connectivity index (χ3n) is 7.93. The van der Waals surface area contributed by atoms with Gasteiger partial charge in [0.2, 0.25) is 6.79 Å². The number of aromatic nitrogens is 1. The van der Waals surface area contributed by atoms with Crippen LogP contribution in [-0.4, -0.2) is 37.8 Å². The Balaban J connectivity index is 1.61. The summed E-state index contributed by atoms with van der Waals surface area (Å²) >= 11 is 0. The molecule has 7 heteroatoms. The van der Waals surface area contributed by atoms with Gasteiger partial charge in [0.1, 0.15) is 17.1 Å². The van der Waals surface area contributed by atoms with Crippen LogP contribution in [-0.2, 0) is 11.8 Å². The monoisotopic (exact) mass is 463 g/mol. The molecule has 0 spiro atoms. The Hall–Kier alpha value is -3.19. The van der Waals surface area contributed by atoms with Crippen LogP contribution in [0.3, 0.4) is 0 Å². The lowest BCUT2D eigenvalue weighted by atomic mass is 9.47. The maximum absolute atomic E-state index is 13.8. The number of hydrogen-bond acceptors (Lipinski definition) is 6. The molecule has 34 heavy (non-hydrogen) atoms. The van der Waals surface area contributed by atoms with Crippen LogP contribution < -0.4 is 24.5 Å². The van der Waals surface area contributed by atoms with Crippen molar-refractivity contribution in [3.63, 3.8) is 0 Å². The molecule has 3 heterocycles. The van der Waals surface area contributed by atoms with Crippen molar-refractivity contribution in [3.05, 3.63) is 57.9 Å². The second-order valence-corrected chi connectivity index (χ2v) is 9.97. The minimum absolute atomic E-state index is 0.00480. The molecule has 2 aromatic carbocycles. The minimum atomic E-state index is -0.476. The van der Waals surface area contributed by atoms with Crippen molar-refractivity contribution < 1.29 is 23.7 Å². The first-order valence-electron chi connectivity index (χ1n) is 11.6. The lowest BCUT2D eigenvalue weighted by Crippen LogP contribution is -2.61. The van der Waals surface area contributed by atoms with Crippen molar-refractivity contribution in [2.45, 2.75) is 31.3 Å². The quantitative estimate of drug-likeness (QED) is 0.578. The lowest BCUT2D eigenvalue weighted by Gasteiger charge is -2.60. The number of nitrogens with zero attached hydrogens (tertiary/aromatic N) is 1. The van der Waals surface area contributed by atoms with Crippen LogP contribution in [0.2, 0.25) is 0 Å². The molecule has 1 saturated carbocycles. The number of ether oxygens (including phenoxy) is 5. The number of para-hydroxylation sites is 1. The van der Waals surface area contributed by atoms with E-state index in [2.05, 4.69) is 13.8 Å². The SMILES string of the molecule is COCC1C(c2cc3c(cc2OC)OCO3)C2c3c(c4ccccc4n(C)c3=O)OC(C)(C)C12. The molecule has 3 aliphatic rings. The van der Waals surface area contributed by atoms with Crippen LogP contribution in [0.15, 0.2) is 41.2 Å². The maximum atomic E-state index is 13.8. The van der Waals surface area contributed by atoms with Crippen molar-refractivity contribution in [2.75, 3.05) is 27.6 Å². The molecule has 6 rings (SSSR count). The van der Waals surface area contributed by atoms with Crippen molar-refractivity contribution in [3.8, 4) is 23.0 Å². The Morgan fingerprint density at radius 2 is 1.82 bits per heavy atom. The second kappa shape index (κ2) is 7.40. The van der Waals surface area contributed by atoms with Crippen LogP contribution in [0.1, 0.15) is 36.8 Å². The topological polar surface area (TPSA) is 68.2 Å². The summed E-state index contributed by atoms with van der Waals surface area (Å²) in [5.74, 6) is 3.02. The zero-order chi connectivity index (χ0) is 23.8. The zero-order valence-corrected chi connectivity index (χ0v) is 20.1. The summed E-state index contributed by atoms with van der Waals surface area (Å²) in [6.45, 7) is 4.99. The number of rotatable bonds is 4. The molecule has 4 unspecified atom stereocenters. The Morgan fingerprint density at radius 3 is 2.56 bits per heavy atom. The molecule has 0 saturated heterocycles. The standard InChI is InChI=1S/C27H29NO6/c1-27(2)24-16(12-30-4)21(15-10-19-20(33-13-32-19)11-18(15)31-5)22(24)23-25(34-27)14-8-6-7-9-17(14)28(3)26(23)29/h6-11,16,21-22,24H,12-13H2,1-5H3. The van der Waals surface area contributed by atoms with E-state index in [1.165, 1.54) is 0 Å². The van der Waals surface area contributed by atoms with E-state index >= 15 is 0 Å². The summed E-state index contributed by atoms with van der Waals surface area (Å²) in [4.78, 5) is 13.8. The summed E-state index contributed by atoms with van der Waals surface area (Å²) in [5.41, 5.74) is 2.12. The van der Waals surface area contributed by atoms with Gasteiger partial charge < -0.3 is 28.3 Å². The number of hydrogen-bond donors (Lipinski definition) is 0. The molecular weight excluding hydrogens is 434 g/mol. The molecule has 0 N–H and O–H groups in total. The van der Waals surface area contributed by atoms with Gasteiger partial charge in [-0.05, 0) is 38.0 Å². The first-order valence-corrected chi connectivity index (χ1v) is 11.6. The molecule has 7 nitrogen and oxygen atoms in total. The molecule has 2 aliphatic heterocycles. The highest BCUT2D eigenvalue weighted by Gasteiger charge is 2.62. The predicted octanol–water partition coefficient (Wildman–Crippen LogP) is 4.21. The molecule has 0 amide bonds. The highest BCUT2D eigenvalue weighted by molar-refractivity contribution is 5.87. The van der Waals surface area contributed by atoms with Gasteiger partial charge in [0, 0.05) is 48.9 Å². The number of benzene rings is 2. The Morgan fingerprint density at radius 1 is 1.09 bits per heavy atom. The fourth-order valence-electron chi connectivity index (χ4n) is 6.57. The summed E-state index contributed by atoms with van der Waals surface area (Å²) in [7, 11) is 5.22. The molecule has 4 atom stereocenters.